The van der Waals surface area contributed by atoms with Crippen molar-refractivity contribution in [3.05, 3.63) is 101 Å². The summed E-state index contributed by atoms with van der Waals surface area (Å²) in [6.45, 7) is -0.0440. The van der Waals surface area contributed by atoms with E-state index in [-0.39, 0.29) is 19.6 Å². The zero-order valence-electron chi connectivity index (χ0n) is 19.4. The molecule has 198 valence electrons. The number of nitrogens with zero attached hydrogens (tertiary/aromatic N) is 1. The lowest BCUT2D eigenvalue weighted by molar-refractivity contribution is -0.149. The van der Waals surface area contributed by atoms with Crippen molar-refractivity contribution in [3.8, 4) is 5.75 Å². The zero-order valence-corrected chi connectivity index (χ0v) is 24.5. The number of aliphatic carboxylic acids is 1. The monoisotopic (exact) mass is 767 g/mol. The van der Waals surface area contributed by atoms with Gasteiger partial charge in [0.05, 0.1) is 12.7 Å². The third-order valence-electron chi connectivity index (χ3n) is 5.96. The second-order valence-electron chi connectivity index (χ2n) is 8.54. The van der Waals surface area contributed by atoms with E-state index in [0.717, 1.165) is 23.3 Å². The van der Waals surface area contributed by atoms with Crippen LogP contribution >= 0.6 is 56.8 Å². The van der Waals surface area contributed by atoms with Crippen LogP contribution in [0.5, 0.6) is 5.75 Å². The van der Waals surface area contributed by atoms with Gasteiger partial charge in [0, 0.05) is 24.1 Å². The number of alkyl halides is 3. The molecule has 0 fully saturated rings. The minimum atomic E-state index is -4.46. The van der Waals surface area contributed by atoms with Gasteiger partial charge in [-0.3, -0.25) is 4.79 Å². The van der Waals surface area contributed by atoms with Gasteiger partial charge in [0.25, 0.3) is 0 Å². The van der Waals surface area contributed by atoms with E-state index in [1.165, 1.54) is 17.0 Å². The smallest absolute Gasteiger partial charge is 0.416 e. The second-order valence-corrected chi connectivity index (χ2v) is 11.2. The summed E-state index contributed by atoms with van der Waals surface area (Å²) in [7, 11) is 0. The average molecular weight is 768 g/mol. The predicted octanol–water partition coefficient (Wildman–Crippen LogP) is 7.20. The number of carbonyl (C=O) groups is 2. The molecule has 1 aliphatic rings. The average Bonchev–Trinajstić information content (AvgIpc) is 2.86. The molecule has 4 rings (SSSR count). The van der Waals surface area contributed by atoms with Crippen LogP contribution in [0.15, 0.2) is 60.7 Å². The minimum Gasteiger partial charge on any atom is -0.487 e. The molecule has 0 spiro atoms. The normalized spacial score (nSPS) is 15.4. The number of hydrogen-bond acceptors (Lipinski definition) is 3. The summed E-state index contributed by atoms with van der Waals surface area (Å²) in [5, 5.41) is 10.4. The molecule has 0 aliphatic carbocycles. The first-order chi connectivity index (χ1) is 17.9. The number of fused-ring (bicyclic) bond motifs is 1. The molecule has 11 heteroatoms. The number of carboxylic acids is 1. The fraction of sp³-hybridized carbons (Fsp3) is 0.185. The Morgan fingerprint density at radius 1 is 1.13 bits per heavy atom. The molecule has 3 aromatic carbocycles. The third kappa shape index (κ3) is 6.63. The van der Waals surface area contributed by atoms with Crippen LogP contribution < -0.4 is 4.74 Å². The third-order valence-corrected chi connectivity index (χ3v) is 8.14. The molecule has 1 heterocycles. The lowest BCUT2D eigenvalue weighted by Gasteiger charge is -2.35. The van der Waals surface area contributed by atoms with Gasteiger partial charge in [0.1, 0.15) is 18.4 Å². The molecular formula is C27H19ClF3I2NO4. The molecule has 1 N–H and O–H groups in total. The molecular weight excluding hydrogens is 749 g/mol. The van der Waals surface area contributed by atoms with Gasteiger partial charge in [-0.1, -0.05) is 35.9 Å². The highest BCUT2D eigenvalue weighted by molar-refractivity contribution is 14.1. The summed E-state index contributed by atoms with van der Waals surface area (Å²) in [6.07, 6.45) is -1.45. The molecule has 5 nitrogen and oxygen atoms in total. The van der Waals surface area contributed by atoms with Gasteiger partial charge in [-0.2, -0.15) is 13.2 Å². The number of halogens is 6. The molecule has 38 heavy (non-hydrogen) atoms. The summed E-state index contributed by atoms with van der Waals surface area (Å²) in [5.74, 6) is -1.11. The number of rotatable bonds is 6. The molecule has 1 amide bonds. The largest absolute Gasteiger partial charge is 0.487 e. The van der Waals surface area contributed by atoms with Crippen LogP contribution in [0.3, 0.4) is 0 Å². The minimum absolute atomic E-state index is 0.0418. The number of benzene rings is 3. The molecule has 0 unspecified atom stereocenters. The van der Waals surface area contributed by atoms with Crippen LogP contribution in [0, 0.1) is 7.14 Å². The van der Waals surface area contributed by atoms with E-state index in [9.17, 15) is 27.9 Å². The van der Waals surface area contributed by atoms with Crippen LogP contribution in [0.25, 0.3) is 6.08 Å². The molecule has 1 atom stereocenters. The highest BCUT2D eigenvalue weighted by Crippen LogP contribution is 2.38. The van der Waals surface area contributed by atoms with Crippen molar-refractivity contribution in [2.75, 3.05) is 0 Å². The number of carboxylic acid groups (broad SMARTS) is 1. The van der Waals surface area contributed by atoms with E-state index >= 15 is 0 Å². The fourth-order valence-corrected chi connectivity index (χ4v) is 6.57. The van der Waals surface area contributed by atoms with E-state index in [2.05, 4.69) is 45.2 Å². The van der Waals surface area contributed by atoms with E-state index < -0.39 is 29.7 Å². The van der Waals surface area contributed by atoms with Gasteiger partial charge in [-0.25, -0.2) is 4.79 Å². The molecule has 0 aromatic heterocycles. The van der Waals surface area contributed by atoms with Crippen molar-refractivity contribution in [2.24, 2.45) is 0 Å². The molecule has 3 aromatic rings. The molecule has 1 aliphatic heterocycles. The summed E-state index contributed by atoms with van der Waals surface area (Å²) in [6, 6.07) is 12.6. The highest BCUT2D eigenvalue weighted by atomic mass is 127. The van der Waals surface area contributed by atoms with Crippen molar-refractivity contribution in [3.63, 3.8) is 0 Å². The Labute approximate surface area is 248 Å². The quantitative estimate of drug-likeness (QED) is 0.213. The molecule has 0 radical (unpaired) electrons. The Morgan fingerprint density at radius 2 is 1.87 bits per heavy atom. The Balaban J connectivity index is 1.59. The number of carbonyl (C=O) groups excluding carboxylic acids is 1. The van der Waals surface area contributed by atoms with Crippen LogP contribution in [0.4, 0.5) is 13.2 Å². The van der Waals surface area contributed by atoms with Gasteiger partial charge >= 0.3 is 12.1 Å². The van der Waals surface area contributed by atoms with Gasteiger partial charge in [0.2, 0.25) is 5.91 Å². The standard InChI is InChI=1S/C27H19ClF3I2NO4/c28-19-6-2-3-15(10-19)7-8-23(35)34-13-20-17(12-22(34)26(36)37)11-21(32)25(24(20)33)38-14-16-4-1-5-18(9-16)27(29,30)31/h1-11,22H,12-14H2,(H,36,37)/b8-7+/t22-/m0/s1. The van der Waals surface area contributed by atoms with Crippen molar-refractivity contribution in [1.82, 2.24) is 4.90 Å². The lowest BCUT2D eigenvalue weighted by atomic mass is 9.93. The maximum atomic E-state index is 13.1. The zero-order chi connectivity index (χ0) is 27.6. The second kappa shape index (κ2) is 11.8. The van der Waals surface area contributed by atoms with Gasteiger partial charge in [0.15, 0.2) is 0 Å². The number of amides is 1. The Hall–Kier alpha value is -2.32. The van der Waals surface area contributed by atoms with Crippen molar-refractivity contribution in [2.45, 2.75) is 31.8 Å². The first-order valence-electron chi connectivity index (χ1n) is 11.2. The molecule has 0 bridgehead atoms. The van der Waals surface area contributed by atoms with E-state index in [0.29, 0.717) is 29.0 Å². The molecule has 0 saturated heterocycles. The number of hydrogen-bond donors (Lipinski definition) is 1. The first-order valence-corrected chi connectivity index (χ1v) is 13.7. The van der Waals surface area contributed by atoms with Gasteiger partial charge in [-0.15, -0.1) is 0 Å². The Bertz CT molecular complexity index is 1430. The summed E-state index contributed by atoms with van der Waals surface area (Å²) in [4.78, 5) is 26.4. The SMILES string of the molecule is O=C(O)[C@@H]1Cc2cc(I)c(OCc3cccc(C(F)(F)F)c3)c(I)c2CN1C(=O)/C=C/c1cccc(Cl)c1. The van der Waals surface area contributed by atoms with Crippen LogP contribution in [0.1, 0.15) is 27.8 Å². The van der Waals surface area contributed by atoms with Crippen LogP contribution in [-0.4, -0.2) is 27.9 Å². The fourth-order valence-electron chi connectivity index (χ4n) is 4.09. The van der Waals surface area contributed by atoms with E-state index in [4.69, 9.17) is 16.3 Å². The summed E-state index contributed by atoms with van der Waals surface area (Å²) in [5.41, 5.74) is 1.82. The predicted molar refractivity (Wildman–Crippen MR) is 154 cm³/mol. The van der Waals surface area contributed by atoms with Crippen LogP contribution in [-0.2, 0) is 35.3 Å². The maximum Gasteiger partial charge on any atom is 0.416 e. The Kier molecular flexibility index (Phi) is 8.92. The van der Waals surface area contributed by atoms with Gasteiger partial charge in [-0.05, 0) is 104 Å². The highest BCUT2D eigenvalue weighted by Gasteiger charge is 2.36. The van der Waals surface area contributed by atoms with Crippen molar-refractivity contribution >= 4 is 74.7 Å². The Morgan fingerprint density at radius 3 is 2.55 bits per heavy atom. The molecule has 0 saturated carbocycles. The van der Waals surface area contributed by atoms with E-state index in [1.54, 1.807) is 42.5 Å². The topological polar surface area (TPSA) is 66.8 Å². The van der Waals surface area contributed by atoms with Crippen molar-refractivity contribution < 1.29 is 32.6 Å². The first kappa shape index (κ1) is 28.7. The van der Waals surface area contributed by atoms with Crippen LogP contribution in [0.2, 0.25) is 5.02 Å². The summed E-state index contributed by atoms with van der Waals surface area (Å²) < 4.78 is 46.6. The van der Waals surface area contributed by atoms with E-state index in [1.807, 2.05) is 0 Å². The summed E-state index contributed by atoms with van der Waals surface area (Å²) >= 11 is 10.1. The lowest BCUT2D eigenvalue weighted by Crippen LogP contribution is -2.48. The maximum absolute atomic E-state index is 13.1. The van der Waals surface area contributed by atoms with Crippen molar-refractivity contribution in [1.29, 1.82) is 0 Å². The number of ether oxygens (including phenoxy) is 1. The van der Waals surface area contributed by atoms with Gasteiger partial charge < -0.3 is 14.7 Å².